The number of nitrogens with zero attached hydrogens (tertiary/aromatic N) is 1. The predicted molar refractivity (Wildman–Crippen MR) is 48.8 cm³/mol. The highest BCUT2D eigenvalue weighted by Crippen LogP contribution is 2.27. The standard InChI is InChI=1S/C8H8ClNO4/c1-4-6(11)2-5(9)8(10-4)14-3-7(12)13/h2,11H,3H2,1H3,(H,12,13). The molecule has 1 aromatic heterocycles. The number of aryl methyl sites for hydroxylation is 1. The van der Waals surface area contributed by atoms with Crippen LogP contribution in [0.25, 0.3) is 0 Å². The van der Waals surface area contributed by atoms with Gasteiger partial charge in [0.2, 0.25) is 5.88 Å². The molecule has 0 aliphatic rings. The Balaban J connectivity index is 2.87. The molecule has 14 heavy (non-hydrogen) atoms. The van der Waals surface area contributed by atoms with Gasteiger partial charge in [0.25, 0.3) is 0 Å². The number of rotatable bonds is 3. The van der Waals surface area contributed by atoms with E-state index in [4.69, 9.17) is 21.4 Å². The Bertz CT molecular complexity index is 367. The normalized spacial score (nSPS) is 9.86. The van der Waals surface area contributed by atoms with Crippen molar-refractivity contribution in [1.82, 2.24) is 4.98 Å². The molecule has 0 spiro atoms. The van der Waals surface area contributed by atoms with Gasteiger partial charge < -0.3 is 14.9 Å². The Morgan fingerprint density at radius 3 is 2.93 bits per heavy atom. The van der Waals surface area contributed by atoms with Crippen molar-refractivity contribution in [1.29, 1.82) is 0 Å². The molecule has 6 heteroatoms. The van der Waals surface area contributed by atoms with Crippen LogP contribution in [0.4, 0.5) is 0 Å². The second-order valence-corrected chi connectivity index (χ2v) is 2.97. The van der Waals surface area contributed by atoms with E-state index in [9.17, 15) is 9.90 Å². The van der Waals surface area contributed by atoms with E-state index in [0.717, 1.165) is 0 Å². The number of carbonyl (C=O) groups is 1. The van der Waals surface area contributed by atoms with Crippen LogP contribution >= 0.6 is 11.6 Å². The molecule has 0 amide bonds. The summed E-state index contributed by atoms with van der Waals surface area (Å²) in [6.45, 7) is 1.04. The molecule has 1 aromatic rings. The van der Waals surface area contributed by atoms with E-state index in [-0.39, 0.29) is 16.7 Å². The minimum atomic E-state index is -1.12. The summed E-state index contributed by atoms with van der Waals surface area (Å²) in [4.78, 5) is 14.0. The van der Waals surface area contributed by atoms with Crippen molar-refractivity contribution in [2.75, 3.05) is 6.61 Å². The Hall–Kier alpha value is -1.49. The number of aromatic nitrogens is 1. The maximum Gasteiger partial charge on any atom is 0.341 e. The second-order valence-electron chi connectivity index (χ2n) is 2.56. The highest BCUT2D eigenvalue weighted by Gasteiger charge is 2.09. The number of aromatic hydroxyl groups is 1. The second kappa shape index (κ2) is 4.15. The zero-order valence-corrected chi connectivity index (χ0v) is 8.08. The summed E-state index contributed by atoms with van der Waals surface area (Å²) in [6, 6.07) is 1.25. The maximum atomic E-state index is 10.2. The molecule has 0 aliphatic carbocycles. The van der Waals surface area contributed by atoms with Crippen molar-refractivity contribution in [2.45, 2.75) is 6.92 Å². The summed E-state index contributed by atoms with van der Waals surface area (Å²) >= 11 is 5.64. The third-order valence-electron chi connectivity index (χ3n) is 1.44. The summed E-state index contributed by atoms with van der Waals surface area (Å²) in [5, 5.41) is 17.6. The lowest BCUT2D eigenvalue weighted by molar-refractivity contribution is -0.139. The van der Waals surface area contributed by atoms with E-state index in [0.29, 0.717) is 5.69 Å². The van der Waals surface area contributed by atoms with Crippen molar-refractivity contribution in [2.24, 2.45) is 0 Å². The molecule has 0 bridgehead atoms. The average Bonchev–Trinajstić information content (AvgIpc) is 2.09. The van der Waals surface area contributed by atoms with Crippen LogP contribution in [0.3, 0.4) is 0 Å². The minimum absolute atomic E-state index is 0.00404. The lowest BCUT2D eigenvalue weighted by Gasteiger charge is -2.06. The summed E-state index contributed by atoms with van der Waals surface area (Å²) in [6.07, 6.45) is 0. The maximum absolute atomic E-state index is 10.2. The smallest absolute Gasteiger partial charge is 0.341 e. The van der Waals surface area contributed by atoms with E-state index in [1.165, 1.54) is 6.07 Å². The van der Waals surface area contributed by atoms with Gasteiger partial charge in [-0.2, -0.15) is 0 Å². The molecule has 0 aromatic carbocycles. The third-order valence-corrected chi connectivity index (χ3v) is 1.71. The van der Waals surface area contributed by atoms with Crippen LogP contribution < -0.4 is 4.74 Å². The van der Waals surface area contributed by atoms with Crippen molar-refractivity contribution in [3.8, 4) is 11.6 Å². The van der Waals surface area contributed by atoms with E-state index < -0.39 is 12.6 Å². The van der Waals surface area contributed by atoms with Gasteiger partial charge in [-0.05, 0) is 6.92 Å². The molecule has 5 nitrogen and oxygen atoms in total. The molecule has 0 saturated heterocycles. The first-order valence-corrected chi connectivity index (χ1v) is 4.09. The Morgan fingerprint density at radius 1 is 1.71 bits per heavy atom. The molecule has 1 rings (SSSR count). The van der Waals surface area contributed by atoms with Gasteiger partial charge >= 0.3 is 5.97 Å². The highest BCUT2D eigenvalue weighted by atomic mass is 35.5. The zero-order valence-electron chi connectivity index (χ0n) is 7.32. The zero-order chi connectivity index (χ0) is 10.7. The summed E-state index contributed by atoms with van der Waals surface area (Å²) in [5.74, 6) is -1.17. The third kappa shape index (κ3) is 2.50. The molecule has 2 N–H and O–H groups in total. The molecule has 0 saturated carbocycles. The lowest BCUT2D eigenvalue weighted by atomic mass is 10.3. The molecule has 0 atom stereocenters. The van der Waals surface area contributed by atoms with Crippen LogP contribution in [-0.2, 0) is 4.79 Å². The first-order chi connectivity index (χ1) is 6.50. The van der Waals surface area contributed by atoms with Crippen LogP contribution in [0.2, 0.25) is 5.02 Å². The van der Waals surface area contributed by atoms with E-state index in [1.54, 1.807) is 6.92 Å². The van der Waals surface area contributed by atoms with E-state index in [1.807, 2.05) is 0 Å². The fourth-order valence-corrected chi connectivity index (χ4v) is 0.981. The number of ether oxygens (including phenoxy) is 1. The predicted octanol–water partition coefficient (Wildman–Crippen LogP) is 1.21. The Labute approximate surface area is 84.9 Å². The van der Waals surface area contributed by atoms with Crippen molar-refractivity contribution in [3.63, 3.8) is 0 Å². The fraction of sp³-hybridized carbons (Fsp3) is 0.250. The quantitative estimate of drug-likeness (QED) is 0.796. The topological polar surface area (TPSA) is 79.7 Å². The summed E-state index contributed by atoms with van der Waals surface area (Å²) < 4.78 is 4.78. The summed E-state index contributed by atoms with van der Waals surface area (Å²) in [7, 11) is 0. The van der Waals surface area contributed by atoms with E-state index >= 15 is 0 Å². The van der Waals surface area contributed by atoms with Crippen molar-refractivity contribution >= 4 is 17.6 Å². The molecule has 0 aliphatic heterocycles. The van der Waals surface area contributed by atoms with Gasteiger partial charge in [-0.15, -0.1) is 0 Å². The number of hydrogen-bond acceptors (Lipinski definition) is 4. The molecule has 0 fully saturated rings. The number of pyridine rings is 1. The Kier molecular flexibility index (Phi) is 3.14. The number of carboxylic acid groups (broad SMARTS) is 1. The number of hydrogen-bond donors (Lipinski definition) is 2. The highest BCUT2D eigenvalue weighted by molar-refractivity contribution is 6.32. The molecule has 1 heterocycles. The van der Waals surface area contributed by atoms with Crippen LogP contribution in [0.15, 0.2) is 6.07 Å². The average molecular weight is 218 g/mol. The number of halogens is 1. The van der Waals surface area contributed by atoms with Crippen LogP contribution in [-0.4, -0.2) is 27.8 Å². The molecular formula is C8H8ClNO4. The van der Waals surface area contributed by atoms with Gasteiger partial charge in [0.05, 0.1) is 5.69 Å². The van der Waals surface area contributed by atoms with Gasteiger partial charge in [-0.1, -0.05) is 11.6 Å². The number of aliphatic carboxylic acids is 1. The van der Waals surface area contributed by atoms with Crippen LogP contribution in [0.1, 0.15) is 5.69 Å². The number of carboxylic acids is 1. The largest absolute Gasteiger partial charge is 0.506 e. The molecule has 0 unspecified atom stereocenters. The van der Waals surface area contributed by atoms with Crippen molar-refractivity contribution in [3.05, 3.63) is 16.8 Å². The van der Waals surface area contributed by atoms with Crippen LogP contribution in [0, 0.1) is 6.92 Å². The van der Waals surface area contributed by atoms with Gasteiger partial charge in [0, 0.05) is 6.07 Å². The van der Waals surface area contributed by atoms with E-state index in [2.05, 4.69) is 4.98 Å². The summed E-state index contributed by atoms with van der Waals surface area (Å²) in [5.41, 5.74) is 0.329. The first-order valence-electron chi connectivity index (χ1n) is 3.71. The molecular weight excluding hydrogens is 210 g/mol. The van der Waals surface area contributed by atoms with Gasteiger partial charge in [-0.25, -0.2) is 9.78 Å². The lowest BCUT2D eigenvalue weighted by Crippen LogP contribution is -2.10. The first kappa shape index (κ1) is 10.6. The van der Waals surface area contributed by atoms with Gasteiger partial charge in [0.15, 0.2) is 6.61 Å². The molecule has 0 radical (unpaired) electrons. The SMILES string of the molecule is Cc1nc(OCC(=O)O)c(Cl)cc1O. The Morgan fingerprint density at radius 2 is 2.36 bits per heavy atom. The fourth-order valence-electron chi connectivity index (χ4n) is 0.781. The monoisotopic (exact) mass is 217 g/mol. The van der Waals surface area contributed by atoms with Gasteiger partial charge in [-0.3, -0.25) is 0 Å². The van der Waals surface area contributed by atoms with Crippen molar-refractivity contribution < 1.29 is 19.7 Å². The minimum Gasteiger partial charge on any atom is -0.506 e. The van der Waals surface area contributed by atoms with Crippen LogP contribution in [0.5, 0.6) is 11.6 Å². The molecule has 76 valence electrons. The van der Waals surface area contributed by atoms with Gasteiger partial charge in [0.1, 0.15) is 10.8 Å².